The van der Waals surface area contributed by atoms with Crippen LogP contribution in [0.4, 0.5) is 0 Å². The highest BCUT2D eigenvalue weighted by Crippen LogP contribution is 2.25. The minimum Gasteiger partial charge on any atom is -0.457 e. The molecule has 3 rings (SSSR count). The zero-order chi connectivity index (χ0) is 20.1. The van der Waals surface area contributed by atoms with Gasteiger partial charge in [0, 0.05) is 0 Å². The molecular weight excluding hydrogens is 407 g/mol. The van der Waals surface area contributed by atoms with Gasteiger partial charge in [0.15, 0.2) is 6.61 Å². The van der Waals surface area contributed by atoms with Gasteiger partial charge < -0.3 is 13.9 Å². The van der Waals surface area contributed by atoms with Crippen LogP contribution in [0.2, 0.25) is 10.0 Å². The summed E-state index contributed by atoms with van der Waals surface area (Å²) in [7, 11) is 0. The molecule has 0 radical (unpaired) electrons. The number of carbonyl (C=O) groups excluding carboxylic acids is 3. The Bertz CT molecular complexity index is 1030. The van der Waals surface area contributed by atoms with E-state index in [9.17, 15) is 14.4 Å². The SMILES string of the molecule is O=C(Oc1ccccc1C(=O)COC(=O)c1ccco1)c1ccc(Cl)c(Cl)c1. The van der Waals surface area contributed by atoms with E-state index in [2.05, 4.69) is 0 Å². The molecule has 0 aliphatic carbocycles. The maximum atomic E-state index is 12.4. The van der Waals surface area contributed by atoms with Crippen LogP contribution in [0.3, 0.4) is 0 Å². The number of carbonyl (C=O) groups is 3. The minimum absolute atomic E-state index is 0.0212. The molecule has 1 aromatic heterocycles. The molecule has 142 valence electrons. The molecule has 0 aliphatic heterocycles. The van der Waals surface area contributed by atoms with Crippen LogP contribution in [0.25, 0.3) is 0 Å². The number of esters is 2. The van der Waals surface area contributed by atoms with E-state index < -0.39 is 24.3 Å². The predicted octanol–water partition coefficient (Wildman–Crippen LogP) is 4.85. The van der Waals surface area contributed by atoms with Gasteiger partial charge in [0.25, 0.3) is 0 Å². The molecular formula is C20H12Cl2O6. The van der Waals surface area contributed by atoms with Gasteiger partial charge >= 0.3 is 11.9 Å². The van der Waals surface area contributed by atoms with E-state index in [-0.39, 0.29) is 27.7 Å². The lowest BCUT2D eigenvalue weighted by Gasteiger charge is -2.10. The summed E-state index contributed by atoms with van der Waals surface area (Å²) >= 11 is 11.7. The first kappa shape index (κ1) is 19.7. The molecule has 0 atom stereocenters. The Morgan fingerprint density at radius 3 is 2.39 bits per heavy atom. The normalized spacial score (nSPS) is 10.4. The third-order valence-corrected chi connectivity index (χ3v) is 4.34. The number of halogens is 2. The third-order valence-electron chi connectivity index (χ3n) is 3.60. The number of ketones is 1. The minimum atomic E-state index is -0.774. The van der Waals surface area contributed by atoms with E-state index in [0.29, 0.717) is 5.02 Å². The molecule has 8 heteroatoms. The Labute approximate surface area is 169 Å². The number of hydrogen-bond acceptors (Lipinski definition) is 6. The van der Waals surface area contributed by atoms with Crippen molar-refractivity contribution in [3.63, 3.8) is 0 Å². The molecule has 3 aromatic rings. The summed E-state index contributed by atoms with van der Waals surface area (Å²) in [5.74, 6) is -2.03. The first-order chi connectivity index (χ1) is 13.5. The van der Waals surface area contributed by atoms with E-state index in [1.807, 2.05) is 0 Å². The van der Waals surface area contributed by atoms with Crippen molar-refractivity contribution >= 4 is 40.9 Å². The van der Waals surface area contributed by atoms with Crippen LogP contribution in [-0.2, 0) is 4.74 Å². The van der Waals surface area contributed by atoms with Crippen molar-refractivity contribution in [1.82, 2.24) is 0 Å². The van der Waals surface area contributed by atoms with Gasteiger partial charge in [0.1, 0.15) is 5.75 Å². The molecule has 0 aliphatic rings. The summed E-state index contributed by atoms with van der Waals surface area (Å²) in [6.45, 7) is -0.541. The monoisotopic (exact) mass is 418 g/mol. The van der Waals surface area contributed by atoms with Gasteiger partial charge in [-0.3, -0.25) is 4.79 Å². The fourth-order valence-electron chi connectivity index (χ4n) is 2.24. The van der Waals surface area contributed by atoms with E-state index in [4.69, 9.17) is 37.1 Å². The number of benzene rings is 2. The molecule has 0 N–H and O–H groups in total. The van der Waals surface area contributed by atoms with Crippen LogP contribution < -0.4 is 4.74 Å². The molecule has 6 nitrogen and oxygen atoms in total. The van der Waals surface area contributed by atoms with Crippen molar-refractivity contribution in [2.45, 2.75) is 0 Å². The van der Waals surface area contributed by atoms with Gasteiger partial charge in [-0.05, 0) is 42.5 Å². The molecule has 0 unspecified atom stereocenters. The fraction of sp³-hybridized carbons (Fsp3) is 0.0500. The number of Topliss-reactive ketones (excluding diaryl/α,β-unsaturated/α-hetero) is 1. The zero-order valence-electron chi connectivity index (χ0n) is 14.2. The average molecular weight is 419 g/mol. The summed E-state index contributed by atoms with van der Waals surface area (Å²) in [6.07, 6.45) is 1.32. The first-order valence-corrected chi connectivity index (χ1v) is 8.71. The van der Waals surface area contributed by atoms with Gasteiger partial charge in [0.2, 0.25) is 11.5 Å². The number of furan rings is 1. The highest BCUT2D eigenvalue weighted by atomic mass is 35.5. The van der Waals surface area contributed by atoms with Crippen LogP contribution in [0.1, 0.15) is 31.3 Å². The predicted molar refractivity (Wildman–Crippen MR) is 101 cm³/mol. The number of ether oxygens (including phenoxy) is 2. The van der Waals surface area contributed by atoms with E-state index in [1.165, 1.54) is 48.7 Å². The standard InChI is InChI=1S/C20H12Cl2O6/c21-14-8-7-12(10-15(14)22)19(24)28-17-5-2-1-4-13(17)16(23)11-27-20(25)18-6-3-9-26-18/h1-10H,11H2. The fourth-order valence-corrected chi connectivity index (χ4v) is 2.54. The Morgan fingerprint density at radius 2 is 1.68 bits per heavy atom. The zero-order valence-corrected chi connectivity index (χ0v) is 15.7. The van der Waals surface area contributed by atoms with Crippen LogP contribution in [0, 0.1) is 0 Å². The lowest BCUT2D eigenvalue weighted by atomic mass is 10.1. The lowest BCUT2D eigenvalue weighted by Crippen LogP contribution is -2.16. The second-order valence-corrected chi connectivity index (χ2v) is 6.31. The molecule has 0 saturated heterocycles. The second kappa shape index (κ2) is 8.73. The van der Waals surface area contributed by atoms with Gasteiger partial charge in [-0.25, -0.2) is 9.59 Å². The highest BCUT2D eigenvalue weighted by Gasteiger charge is 2.19. The van der Waals surface area contributed by atoms with Gasteiger partial charge in [0.05, 0.1) is 27.4 Å². The van der Waals surface area contributed by atoms with Crippen LogP contribution in [-0.4, -0.2) is 24.3 Å². The highest BCUT2D eigenvalue weighted by molar-refractivity contribution is 6.42. The molecule has 2 aromatic carbocycles. The maximum Gasteiger partial charge on any atom is 0.374 e. The van der Waals surface area contributed by atoms with Crippen molar-refractivity contribution in [1.29, 1.82) is 0 Å². The maximum absolute atomic E-state index is 12.4. The molecule has 28 heavy (non-hydrogen) atoms. The molecule has 0 fully saturated rings. The summed E-state index contributed by atoms with van der Waals surface area (Å²) in [5, 5.41) is 0.498. The first-order valence-electron chi connectivity index (χ1n) is 7.96. The Balaban J connectivity index is 1.71. The quantitative estimate of drug-likeness (QED) is 0.323. The second-order valence-electron chi connectivity index (χ2n) is 5.49. The topological polar surface area (TPSA) is 82.8 Å². The molecule has 0 amide bonds. The van der Waals surface area contributed by atoms with E-state index in [1.54, 1.807) is 12.1 Å². The average Bonchev–Trinajstić information content (AvgIpc) is 3.23. The van der Waals surface area contributed by atoms with E-state index in [0.717, 1.165) is 0 Å². The molecule has 0 saturated carbocycles. The van der Waals surface area contributed by atoms with Gasteiger partial charge in [-0.15, -0.1) is 0 Å². The number of para-hydroxylation sites is 1. The van der Waals surface area contributed by atoms with Crippen LogP contribution in [0.5, 0.6) is 5.75 Å². The number of rotatable bonds is 6. The van der Waals surface area contributed by atoms with Gasteiger partial charge in [-0.1, -0.05) is 35.3 Å². The van der Waals surface area contributed by atoms with Crippen molar-refractivity contribution in [2.75, 3.05) is 6.61 Å². The van der Waals surface area contributed by atoms with Gasteiger partial charge in [-0.2, -0.15) is 0 Å². The molecule has 0 spiro atoms. The summed E-state index contributed by atoms with van der Waals surface area (Å²) < 4.78 is 15.1. The summed E-state index contributed by atoms with van der Waals surface area (Å²) in [4.78, 5) is 36.5. The largest absolute Gasteiger partial charge is 0.457 e. The van der Waals surface area contributed by atoms with E-state index >= 15 is 0 Å². The molecule has 0 bridgehead atoms. The van der Waals surface area contributed by atoms with Crippen molar-refractivity contribution < 1.29 is 28.3 Å². The third kappa shape index (κ3) is 4.60. The summed E-state index contributed by atoms with van der Waals surface area (Å²) in [6, 6.07) is 13.3. The van der Waals surface area contributed by atoms with Crippen molar-refractivity contribution in [3.05, 3.63) is 87.8 Å². The summed E-state index contributed by atoms with van der Waals surface area (Å²) in [5.41, 5.74) is 0.254. The van der Waals surface area contributed by atoms with Crippen LogP contribution in [0.15, 0.2) is 65.3 Å². The Morgan fingerprint density at radius 1 is 0.893 bits per heavy atom. The van der Waals surface area contributed by atoms with Crippen molar-refractivity contribution in [3.8, 4) is 5.75 Å². The lowest BCUT2D eigenvalue weighted by molar-refractivity contribution is 0.0442. The smallest absolute Gasteiger partial charge is 0.374 e. The number of hydrogen-bond donors (Lipinski definition) is 0. The van der Waals surface area contributed by atoms with Crippen LogP contribution >= 0.6 is 23.2 Å². The molecule has 1 heterocycles. The van der Waals surface area contributed by atoms with Crippen molar-refractivity contribution in [2.24, 2.45) is 0 Å². The Kier molecular flexibility index (Phi) is 6.13. The Hall–Kier alpha value is -3.09.